The lowest BCUT2D eigenvalue weighted by Gasteiger charge is -2.11. The molecule has 0 atom stereocenters. The molecule has 3 rings (SSSR count). The maximum Gasteiger partial charge on any atom is 0.294 e. The van der Waals surface area contributed by atoms with Gasteiger partial charge in [0.1, 0.15) is 0 Å². The first kappa shape index (κ1) is 13.1. The largest absolute Gasteiger partial charge is 0.294 e. The van der Waals surface area contributed by atoms with Crippen LogP contribution >= 0.6 is 0 Å². The van der Waals surface area contributed by atoms with Gasteiger partial charge in [-0.25, -0.2) is 0 Å². The summed E-state index contributed by atoms with van der Waals surface area (Å²) in [5.41, 5.74) is 1.42. The fourth-order valence-electron chi connectivity index (χ4n) is 2.66. The Morgan fingerprint density at radius 1 is 0.900 bits per heavy atom. The van der Waals surface area contributed by atoms with Gasteiger partial charge in [0, 0.05) is 0 Å². The molecule has 1 N–H and O–H groups in total. The van der Waals surface area contributed by atoms with Crippen molar-refractivity contribution in [1.82, 2.24) is 0 Å². The highest BCUT2D eigenvalue weighted by Crippen LogP contribution is 2.31. The van der Waals surface area contributed by atoms with E-state index in [1.165, 1.54) is 6.07 Å². The van der Waals surface area contributed by atoms with Gasteiger partial charge in [0.05, 0.1) is 4.90 Å². The zero-order valence-corrected chi connectivity index (χ0v) is 12.0. The van der Waals surface area contributed by atoms with Gasteiger partial charge in [0.15, 0.2) is 0 Å². The molecule has 0 aliphatic rings. The fourth-order valence-corrected chi connectivity index (χ4v) is 3.48. The highest BCUT2D eigenvalue weighted by molar-refractivity contribution is 7.85. The van der Waals surface area contributed by atoms with E-state index in [1.807, 2.05) is 37.3 Å². The van der Waals surface area contributed by atoms with Gasteiger partial charge in [-0.15, -0.1) is 0 Å². The van der Waals surface area contributed by atoms with E-state index in [4.69, 9.17) is 0 Å². The maximum absolute atomic E-state index is 11.5. The molecule has 0 heterocycles. The number of hydrogen-bond donors (Lipinski definition) is 1. The molecule has 0 saturated carbocycles. The van der Waals surface area contributed by atoms with E-state index in [0.29, 0.717) is 5.56 Å². The third kappa shape index (κ3) is 1.97. The minimum absolute atomic E-state index is 0.0159. The summed E-state index contributed by atoms with van der Waals surface area (Å²) in [6.07, 6.45) is 0. The summed E-state index contributed by atoms with van der Waals surface area (Å²) in [6, 6.07) is 13.5. The summed E-state index contributed by atoms with van der Waals surface area (Å²) in [4.78, 5) is -0.0159. The molecule has 3 aromatic rings. The van der Waals surface area contributed by atoms with Crippen LogP contribution in [0.15, 0.2) is 47.4 Å². The van der Waals surface area contributed by atoms with E-state index >= 15 is 0 Å². The van der Waals surface area contributed by atoms with Crippen LogP contribution in [0.1, 0.15) is 11.1 Å². The summed E-state index contributed by atoms with van der Waals surface area (Å²) >= 11 is 0. The summed E-state index contributed by atoms with van der Waals surface area (Å²) in [7, 11) is -4.20. The SMILES string of the molecule is Cc1cc(S(=O)(=O)O)c(C)c2cc3ccccc3cc12. The first-order valence-electron chi connectivity index (χ1n) is 6.28. The van der Waals surface area contributed by atoms with Crippen molar-refractivity contribution in [2.45, 2.75) is 18.7 Å². The molecule has 0 amide bonds. The molecular formula is C16H14O3S. The Hall–Kier alpha value is -1.91. The number of aryl methyl sites for hydroxylation is 2. The van der Waals surface area contributed by atoms with E-state index in [-0.39, 0.29) is 4.90 Å². The molecule has 0 fully saturated rings. The molecule has 0 spiro atoms. The zero-order valence-electron chi connectivity index (χ0n) is 11.2. The third-order valence-electron chi connectivity index (χ3n) is 3.71. The molecular weight excluding hydrogens is 272 g/mol. The molecule has 0 aliphatic carbocycles. The minimum atomic E-state index is -4.20. The second kappa shape index (κ2) is 4.30. The summed E-state index contributed by atoms with van der Waals surface area (Å²) < 4.78 is 32.3. The summed E-state index contributed by atoms with van der Waals surface area (Å²) in [5, 5.41) is 4.03. The normalized spacial score (nSPS) is 12.2. The van der Waals surface area contributed by atoms with Crippen LogP contribution in [-0.2, 0) is 10.1 Å². The minimum Gasteiger partial charge on any atom is -0.282 e. The molecule has 0 unspecified atom stereocenters. The molecule has 0 bridgehead atoms. The average molecular weight is 286 g/mol. The van der Waals surface area contributed by atoms with Crippen molar-refractivity contribution < 1.29 is 13.0 Å². The lowest BCUT2D eigenvalue weighted by atomic mass is 9.97. The Balaban J connectivity index is 2.53. The van der Waals surface area contributed by atoms with Gasteiger partial charge >= 0.3 is 0 Å². The predicted molar refractivity (Wildman–Crippen MR) is 80.7 cm³/mol. The van der Waals surface area contributed by atoms with Crippen LogP contribution < -0.4 is 0 Å². The van der Waals surface area contributed by atoms with Gasteiger partial charge in [-0.3, -0.25) is 4.55 Å². The van der Waals surface area contributed by atoms with E-state index in [0.717, 1.165) is 27.1 Å². The third-order valence-corrected chi connectivity index (χ3v) is 4.69. The molecule has 102 valence electrons. The van der Waals surface area contributed by atoms with Crippen LogP contribution in [0.25, 0.3) is 21.5 Å². The highest BCUT2D eigenvalue weighted by atomic mass is 32.2. The number of rotatable bonds is 1. The number of fused-ring (bicyclic) bond motifs is 2. The van der Waals surface area contributed by atoms with Gasteiger partial charge in [-0.2, -0.15) is 8.42 Å². The van der Waals surface area contributed by atoms with Crippen LogP contribution in [0.3, 0.4) is 0 Å². The van der Waals surface area contributed by atoms with Crippen molar-refractivity contribution in [3.05, 3.63) is 53.6 Å². The first-order valence-corrected chi connectivity index (χ1v) is 7.72. The topological polar surface area (TPSA) is 54.4 Å². The molecule has 0 radical (unpaired) electrons. The molecule has 20 heavy (non-hydrogen) atoms. The zero-order chi connectivity index (χ0) is 14.5. The monoisotopic (exact) mass is 286 g/mol. The van der Waals surface area contributed by atoms with Crippen LogP contribution in [-0.4, -0.2) is 13.0 Å². The van der Waals surface area contributed by atoms with Crippen molar-refractivity contribution >= 4 is 31.7 Å². The second-order valence-electron chi connectivity index (χ2n) is 5.04. The van der Waals surface area contributed by atoms with Crippen molar-refractivity contribution in [3.63, 3.8) is 0 Å². The molecule has 0 aliphatic heterocycles. The molecule has 0 saturated heterocycles. The van der Waals surface area contributed by atoms with Crippen molar-refractivity contribution in [2.24, 2.45) is 0 Å². The first-order chi connectivity index (χ1) is 9.38. The van der Waals surface area contributed by atoms with Gasteiger partial charge < -0.3 is 0 Å². The van der Waals surface area contributed by atoms with Crippen molar-refractivity contribution in [2.75, 3.05) is 0 Å². The summed E-state index contributed by atoms with van der Waals surface area (Å²) in [6.45, 7) is 3.57. The van der Waals surface area contributed by atoms with E-state index in [2.05, 4.69) is 6.07 Å². The van der Waals surface area contributed by atoms with Crippen molar-refractivity contribution in [3.8, 4) is 0 Å². The highest BCUT2D eigenvalue weighted by Gasteiger charge is 2.17. The van der Waals surface area contributed by atoms with Gasteiger partial charge in [0.2, 0.25) is 0 Å². The molecule has 4 heteroatoms. The van der Waals surface area contributed by atoms with Gasteiger partial charge in [-0.05, 0) is 64.7 Å². The lowest BCUT2D eigenvalue weighted by Crippen LogP contribution is -2.02. The fraction of sp³-hybridized carbons (Fsp3) is 0.125. The maximum atomic E-state index is 11.5. The second-order valence-corrected chi connectivity index (χ2v) is 6.43. The predicted octanol–water partition coefficient (Wildman–Crippen LogP) is 3.86. The lowest BCUT2D eigenvalue weighted by molar-refractivity contribution is 0.482. The van der Waals surface area contributed by atoms with Crippen LogP contribution in [0, 0.1) is 13.8 Å². The number of hydrogen-bond acceptors (Lipinski definition) is 2. The summed E-state index contributed by atoms with van der Waals surface area (Å²) in [5.74, 6) is 0. The molecule has 3 aromatic carbocycles. The Labute approximate surface area is 117 Å². The Morgan fingerprint density at radius 3 is 2.00 bits per heavy atom. The Kier molecular flexibility index (Phi) is 2.81. The standard InChI is InChI=1S/C16H14O3S/c1-10-7-16(20(17,18)19)11(2)15-9-13-6-4-3-5-12(13)8-14(10)15/h3-9H,1-2H3,(H,17,18,19). The van der Waals surface area contributed by atoms with E-state index < -0.39 is 10.1 Å². The van der Waals surface area contributed by atoms with E-state index in [9.17, 15) is 13.0 Å². The van der Waals surface area contributed by atoms with Gasteiger partial charge in [0.25, 0.3) is 10.1 Å². The van der Waals surface area contributed by atoms with E-state index in [1.54, 1.807) is 6.92 Å². The van der Waals surface area contributed by atoms with Crippen LogP contribution in [0.5, 0.6) is 0 Å². The molecule has 0 aromatic heterocycles. The molecule has 3 nitrogen and oxygen atoms in total. The average Bonchev–Trinajstić information content (AvgIpc) is 2.40. The quantitative estimate of drug-likeness (QED) is 0.546. The Morgan fingerprint density at radius 2 is 1.45 bits per heavy atom. The smallest absolute Gasteiger partial charge is 0.282 e. The number of benzene rings is 3. The van der Waals surface area contributed by atoms with Gasteiger partial charge in [-0.1, -0.05) is 24.3 Å². The van der Waals surface area contributed by atoms with Crippen molar-refractivity contribution in [1.29, 1.82) is 0 Å². The van der Waals surface area contributed by atoms with Crippen LogP contribution in [0.2, 0.25) is 0 Å². The van der Waals surface area contributed by atoms with Crippen LogP contribution in [0.4, 0.5) is 0 Å². The Bertz CT molecular complexity index is 941.